The molecule has 1 aliphatic heterocycles. The molecule has 0 amide bonds. The first-order valence-electron chi connectivity index (χ1n) is 6.67. The van der Waals surface area contributed by atoms with Crippen LogP contribution in [0, 0.1) is 0 Å². The molecule has 1 fully saturated rings. The molecular weight excluding hydrogens is 226 g/mol. The van der Waals surface area contributed by atoms with Gasteiger partial charge < -0.3 is 15.1 Å². The molecule has 1 N–H and O–H groups in total. The van der Waals surface area contributed by atoms with Gasteiger partial charge in [0.2, 0.25) is 0 Å². The minimum Gasteiger partial charge on any atom is -0.352 e. The summed E-state index contributed by atoms with van der Waals surface area (Å²) in [6.07, 6.45) is 3.71. The van der Waals surface area contributed by atoms with Gasteiger partial charge in [-0.05, 0) is 20.5 Å². The molecule has 1 aromatic heterocycles. The Bertz CT molecular complexity index is 381. The van der Waals surface area contributed by atoms with Crippen LogP contribution < -0.4 is 10.2 Å². The summed E-state index contributed by atoms with van der Waals surface area (Å²) in [4.78, 5) is 13.7. The van der Waals surface area contributed by atoms with Gasteiger partial charge in [0.25, 0.3) is 0 Å². The molecule has 2 heterocycles. The Kier molecular flexibility index (Phi) is 4.49. The van der Waals surface area contributed by atoms with Crippen LogP contribution in [0.1, 0.15) is 19.5 Å². The fraction of sp³-hybridized carbons (Fsp3) is 0.692. The summed E-state index contributed by atoms with van der Waals surface area (Å²) in [7, 11) is 2.18. The molecule has 1 aliphatic rings. The van der Waals surface area contributed by atoms with Crippen molar-refractivity contribution in [2.24, 2.45) is 0 Å². The van der Waals surface area contributed by atoms with Gasteiger partial charge in [-0.3, -0.25) is 4.98 Å². The van der Waals surface area contributed by atoms with Crippen molar-refractivity contribution in [2.45, 2.75) is 26.4 Å². The van der Waals surface area contributed by atoms with Crippen LogP contribution in [0.3, 0.4) is 0 Å². The van der Waals surface area contributed by atoms with Crippen LogP contribution in [0.25, 0.3) is 0 Å². The maximum absolute atomic E-state index is 4.68. The van der Waals surface area contributed by atoms with E-state index in [2.05, 4.69) is 46.0 Å². The highest BCUT2D eigenvalue weighted by Gasteiger charge is 2.21. The predicted octanol–water partition coefficient (Wildman–Crippen LogP) is 0.726. The zero-order chi connectivity index (χ0) is 13.0. The molecule has 0 saturated carbocycles. The number of nitrogens with one attached hydrogen (secondary N) is 1. The highest BCUT2D eigenvalue weighted by atomic mass is 15.3. The molecule has 0 aliphatic carbocycles. The molecular formula is C13H23N5. The highest BCUT2D eigenvalue weighted by Crippen LogP contribution is 2.15. The Balaban J connectivity index is 2.04. The van der Waals surface area contributed by atoms with Crippen molar-refractivity contribution >= 4 is 5.82 Å². The van der Waals surface area contributed by atoms with Crippen molar-refractivity contribution in [3.8, 4) is 0 Å². The smallest absolute Gasteiger partial charge is 0.147 e. The standard InChI is InChI=1S/C13H23N5/c1-4-14-7-12-8-15-9-13(16-12)18-6-5-17(3)11(2)10-18/h8-9,11,14H,4-7,10H2,1-3H3. The van der Waals surface area contributed by atoms with Crippen molar-refractivity contribution in [1.82, 2.24) is 20.2 Å². The molecule has 0 bridgehead atoms. The quantitative estimate of drug-likeness (QED) is 0.852. The third-order valence-electron chi connectivity index (χ3n) is 3.51. The first kappa shape index (κ1) is 13.2. The summed E-state index contributed by atoms with van der Waals surface area (Å²) in [6.45, 7) is 9.23. The van der Waals surface area contributed by atoms with Gasteiger partial charge in [0, 0.05) is 38.4 Å². The van der Waals surface area contributed by atoms with Crippen molar-refractivity contribution in [3.05, 3.63) is 18.1 Å². The Hall–Kier alpha value is -1.20. The van der Waals surface area contributed by atoms with Crippen molar-refractivity contribution < 1.29 is 0 Å². The van der Waals surface area contributed by atoms with Gasteiger partial charge in [0.05, 0.1) is 11.9 Å². The molecule has 1 unspecified atom stereocenters. The van der Waals surface area contributed by atoms with E-state index in [0.29, 0.717) is 6.04 Å². The number of anilines is 1. The van der Waals surface area contributed by atoms with E-state index in [1.807, 2.05) is 12.4 Å². The van der Waals surface area contributed by atoms with Crippen LogP contribution in [0.5, 0.6) is 0 Å². The van der Waals surface area contributed by atoms with Gasteiger partial charge in [0.1, 0.15) is 5.82 Å². The maximum atomic E-state index is 4.68. The van der Waals surface area contributed by atoms with Gasteiger partial charge in [-0.2, -0.15) is 0 Å². The number of likely N-dealkylation sites (N-methyl/N-ethyl adjacent to an activating group) is 1. The summed E-state index contributed by atoms with van der Waals surface area (Å²) in [6, 6.07) is 0.568. The third kappa shape index (κ3) is 3.17. The molecule has 1 atom stereocenters. The van der Waals surface area contributed by atoms with Crippen LogP contribution in [0.2, 0.25) is 0 Å². The third-order valence-corrected chi connectivity index (χ3v) is 3.51. The number of rotatable bonds is 4. The highest BCUT2D eigenvalue weighted by molar-refractivity contribution is 5.37. The number of hydrogen-bond acceptors (Lipinski definition) is 5. The molecule has 2 rings (SSSR count). The fourth-order valence-corrected chi connectivity index (χ4v) is 2.14. The second-order valence-corrected chi connectivity index (χ2v) is 4.92. The molecule has 18 heavy (non-hydrogen) atoms. The molecule has 0 aromatic carbocycles. The summed E-state index contributed by atoms with van der Waals surface area (Å²) in [5, 5.41) is 3.28. The van der Waals surface area contributed by atoms with Crippen molar-refractivity contribution in [1.29, 1.82) is 0 Å². The van der Waals surface area contributed by atoms with E-state index in [9.17, 15) is 0 Å². The van der Waals surface area contributed by atoms with Crippen LogP contribution in [-0.2, 0) is 6.54 Å². The van der Waals surface area contributed by atoms with Gasteiger partial charge in [0.15, 0.2) is 0 Å². The van der Waals surface area contributed by atoms with Crippen LogP contribution in [0.15, 0.2) is 12.4 Å². The molecule has 1 saturated heterocycles. The zero-order valence-electron chi connectivity index (χ0n) is 11.6. The predicted molar refractivity (Wildman–Crippen MR) is 73.7 cm³/mol. The van der Waals surface area contributed by atoms with E-state index in [4.69, 9.17) is 0 Å². The van der Waals surface area contributed by atoms with E-state index in [1.54, 1.807) is 0 Å². The Morgan fingerprint density at radius 3 is 2.94 bits per heavy atom. The van der Waals surface area contributed by atoms with Crippen molar-refractivity contribution in [2.75, 3.05) is 38.1 Å². The van der Waals surface area contributed by atoms with Gasteiger partial charge in [-0.1, -0.05) is 6.92 Å². The summed E-state index contributed by atoms with van der Waals surface area (Å²) >= 11 is 0. The van der Waals surface area contributed by atoms with Crippen LogP contribution in [-0.4, -0.2) is 54.1 Å². The number of piperazine rings is 1. The molecule has 1 aromatic rings. The second-order valence-electron chi connectivity index (χ2n) is 4.92. The fourth-order valence-electron chi connectivity index (χ4n) is 2.14. The number of aromatic nitrogens is 2. The van der Waals surface area contributed by atoms with Crippen LogP contribution in [0.4, 0.5) is 5.82 Å². The molecule has 100 valence electrons. The first-order valence-corrected chi connectivity index (χ1v) is 6.67. The summed E-state index contributed by atoms with van der Waals surface area (Å²) < 4.78 is 0. The number of nitrogens with zero attached hydrogens (tertiary/aromatic N) is 4. The Labute approximate surface area is 109 Å². The van der Waals surface area contributed by atoms with E-state index >= 15 is 0 Å². The zero-order valence-corrected chi connectivity index (χ0v) is 11.6. The minimum absolute atomic E-state index is 0.568. The normalized spacial score (nSPS) is 21.3. The average molecular weight is 249 g/mol. The SMILES string of the molecule is CCNCc1cncc(N2CCN(C)C(C)C2)n1. The average Bonchev–Trinajstić information content (AvgIpc) is 2.40. The number of hydrogen-bond donors (Lipinski definition) is 1. The molecule has 5 nitrogen and oxygen atoms in total. The lowest BCUT2D eigenvalue weighted by molar-refractivity contribution is 0.233. The lowest BCUT2D eigenvalue weighted by Crippen LogP contribution is -2.50. The van der Waals surface area contributed by atoms with Gasteiger partial charge >= 0.3 is 0 Å². The van der Waals surface area contributed by atoms with E-state index in [1.165, 1.54) is 0 Å². The minimum atomic E-state index is 0.568. The lowest BCUT2D eigenvalue weighted by Gasteiger charge is -2.38. The van der Waals surface area contributed by atoms with Crippen molar-refractivity contribution in [3.63, 3.8) is 0 Å². The molecule has 0 spiro atoms. The monoisotopic (exact) mass is 249 g/mol. The van der Waals surface area contributed by atoms with E-state index in [-0.39, 0.29) is 0 Å². The largest absolute Gasteiger partial charge is 0.352 e. The Morgan fingerprint density at radius 1 is 1.39 bits per heavy atom. The topological polar surface area (TPSA) is 44.3 Å². The molecule has 0 radical (unpaired) electrons. The second kappa shape index (κ2) is 6.11. The van der Waals surface area contributed by atoms with Gasteiger partial charge in [-0.15, -0.1) is 0 Å². The lowest BCUT2D eigenvalue weighted by atomic mass is 10.2. The summed E-state index contributed by atoms with van der Waals surface area (Å²) in [5.74, 6) is 1.00. The summed E-state index contributed by atoms with van der Waals surface area (Å²) in [5.41, 5.74) is 1.01. The van der Waals surface area contributed by atoms with E-state index in [0.717, 1.165) is 44.2 Å². The van der Waals surface area contributed by atoms with Crippen LogP contribution >= 0.6 is 0 Å². The first-order chi connectivity index (χ1) is 8.70. The maximum Gasteiger partial charge on any atom is 0.147 e. The van der Waals surface area contributed by atoms with E-state index < -0.39 is 0 Å². The van der Waals surface area contributed by atoms with Gasteiger partial charge in [-0.25, -0.2) is 4.98 Å². The Morgan fingerprint density at radius 2 is 2.22 bits per heavy atom. The molecule has 5 heteroatoms.